The molecule has 5 aromatic rings. The van der Waals surface area contributed by atoms with Gasteiger partial charge in [0.2, 0.25) is 0 Å². The molecule has 0 aromatic heterocycles. The van der Waals surface area contributed by atoms with Gasteiger partial charge >= 0.3 is 0 Å². The number of benzene rings is 5. The Hall–Kier alpha value is -4.36. The first kappa shape index (κ1) is 25.3. The molecule has 1 heteroatoms. The Bertz CT molecular complexity index is 1600. The second kappa shape index (κ2) is 11.4. The molecule has 0 saturated heterocycles. The fraction of sp³-hybridized carbons (Fsp3) is 0.135. The summed E-state index contributed by atoms with van der Waals surface area (Å²) in [6, 6.07) is 38.9. The van der Waals surface area contributed by atoms with Gasteiger partial charge < -0.3 is 4.74 Å². The average Bonchev–Trinajstić information content (AvgIpc) is 2.97. The predicted molar refractivity (Wildman–Crippen MR) is 164 cm³/mol. The first-order valence-corrected chi connectivity index (χ1v) is 13.5. The minimum atomic E-state index is 0.639. The van der Waals surface area contributed by atoms with E-state index in [1.807, 2.05) is 13.8 Å². The second-order valence-electron chi connectivity index (χ2n) is 9.47. The van der Waals surface area contributed by atoms with Gasteiger partial charge in [-0.3, -0.25) is 0 Å². The summed E-state index contributed by atoms with van der Waals surface area (Å²) in [6.07, 6.45) is 3.09. The van der Waals surface area contributed by atoms with Gasteiger partial charge in [0.25, 0.3) is 0 Å². The van der Waals surface area contributed by atoms with Crippen LogP contribution in [0.1, 0.15) is 37.0 Å². The molecule has 0 fully saturated rings. The quantitative estimate of drug-likeness (QED) is 0.242. The highest BCUT2D eigenvalue weighted by atomic mass is 16.5. The second-order valence-corrected chi connectivity index (χ2v) is 9.47. The van der Waals surface area contributed by atoms with Crippen molar-refractivity contribution in [3.63, 3.8) is 0 Å². The van der Waals surface area contributed by atoms with E-state index >= 15 is 0 Å². The van der Waals surface area contributed by atoms with Gasteiger partial charge in [-0.2, -0.15) is 0 Å². The smallest absolute Gasteiger partial charge is 0.127 e. The van der Waals surface area contributed by atoms with Crippen LogP contribution in [0.4, 0.5) is 0 Å². The van der Waals surface area contributed by atoms with E-state index in [1.165, 1.54) is 44.2 Å². The Labute approximate surface area is 226 Å². The Morgan fingerprint density at radius 2 is 1.24 bits per heavy atom. The lowest BCUT2D eigenvalue weighted by Crippen LogP contribution is -2.04. The monoisotopic (exact) mass is 494 g/mol. The van der Waals surface area contributed by atoms with Crippen molar-refractivity contribution in [3.05, 3.63) is 139 Å². The fourth-order valence-electron chi connectivity index (χ4n) is 5.04. The lowest BCUT2D eigenvalue weighted by molar-refractivity contribution is 0.325. The van der Waals surface area contributed by atoms with Gasteiger partial charge in [-0.1, -0.05) is 129 Å². The molecular weight excluding hydrogens is 460 g/mol. The molecule has 0 aliphatic carbocycles. The van der Waals surface area contributed by atoms with Crippen molar-refractivity contribution in [1.82, 2.24) is 0 Å². The van der Waals surface area contributed by atoms with E-state index in [0.717, 1.165) is 28.9 Å². The molecule has 0 spiro atoms. The highest BCUT2D eigenvalue weighted by Gasteiger charge is 2.15. The molecule has 1 aliphatic heterocycles. The summed E-state index contributed by atoms with van der Waals surface area (Å²) in [4.78, 5) is 0. The number of hydrogen-bond donors (Lipinski definition) is 0. The summed E-state index contributed by atoms with van der Waals surface area (Å²) in [5.74, 6) is 0.897. The van der Waals surface area contributed by atoms with E-state index < -0.39 is 0 Å². The van der Waals surface area contributed by atoms with Crippen LogP contribution in [-0.2, 0) is 0 Å². The lowest BCUT2D eigenvalue weighted by Gasteiger charge is -2.20. The van der Waals surface area contributed by atoms with Gasteiger partial charge in [-0.25, -0.2) is 0 Å². The highest BCUT2D eigenvalue weighted by molar-refractivity contribution is 5.97. The number of fused-ring (bicyclic) bond motifs is 2. The maximum atomic E-state index is 6.24. The van der Waals surface area contributed by atoms with Crippen molar-refractivity contribution in [1.29, 1.82) is 0 Å². The summed E-state index contributed by atoms with van der Waals surface area (Å²) >= 11 is 0. The van der Waals surface area contributed by atoms with Gasteiger partial charge in [0.1, 0.15) is 5.75 Å². The average molecular weight is 495 g/mol. The molecule has 6 rings (SSSR count). The van der Waals surface area contributed by atoms with E-state index in [0.29, 0.717) is 6.61 Å². The number of allylic oxidation sites excluding steroid dienone is 2. The van der Waals surface area contributed by atoms with Crippen LogP contribution in [0.2, 0.25) is 0 Å². The normalized spacial score (nSPS) is 14.2. The van der Waals surface area contributed by atoms with E-state index in [2.05, 4.69) is 129 Å². The molecule has 188 valence electrons. The Morgan fingerprint density at radius 3 is 1.97 bits per heavy atom. The third kappa shape index (κ3) is 5.19. The van der Waals surface area contributed by atoms with Crippen molar-refractivity contribution in [2.24, 2.45) is 0 Å². The summed E-state index contributed by atoms with van der Waals surface area (Å²) in [7, 11) is 0. The fourth-order valence-corrected chi connectivity index (χ4v) is 5.04. The Kier molecular flexibility index (Phi) is 7.56. The van der Waals surface area contributed by atoms with Crippen molar-refractivity contribution < 1.29 is 4.74 Å². The minimum absolute atomic E-state index is 0.639. The molecule has 0 saturated carbocycles. The zero-order valence-corrected chi connectivity index (χ0v) is 22.5. The Morgan fingerprint density at radius 1 is 0.632 bits per heavy atom. The number of rotatable bonds is 3. The van der Waals surface area contributed by atoms with E-state index in [4.69, 9.17) is 4.74 Å². The van der Waals surface area contributed by atoms with Crippen molar-refractivity contribution in [2.45, 2.75) is 27.2 Å². The molecule has 0 N–H and O–H groups in total. The van der Waals surface area contributed by atoms with Crippen LogP contribution in [0.5, 0.6) is 5.75 Å². The van der Waals surface area contributed by atoms with Gasteiger partial charge in [0, 0.05) is 12.0 Å². The van der Waals surface area contributed by atoms with Gasteiger partial charge in [-0.05, 0) is 68.8 Å². The molecule has 0 atom stereocenters. The topological polar surface area (TPSA) is 9.23 Å². The molecule has 38 heavy (non-hydrogen) atoms. The largest absolute Gasteiger partial charge is 0.493 e. The van der Waals surface area contributed by atoms with Crippen LogP contribution < -0.4 is 4.74 Å². The van der Waals surface area contributed by atoms with E-state index in [1.54, 1.807) is 0 Å². The molecule has 1 aliphatic rings. The molecule has 0 bridgehead atoms. The van der Waals surface area contributed by atoms with Crippen molar-refractivity contribution in [2.75, 3.05) is 6.61 Å². The standard InChI is InChI=1S/C35H28O.C2H6/c1-24-10-12-26(13-11-24)27-14-16-28(17-15-27)30-18-19-35-34(23-30)25(2)22-31(20-21-36-35)33-9-5-7-29-6-3-4-8-32(29)33;1-2/h3-19,22-23H,2,20-21H2,1H3;1-2H3/b31-22+;. The predicted octanol–water partition coefficient (Wildman–Crippen LogP) is 10.4. The molecular formula is C37H34O. The van der Waals surface area contributed by atoms with Gasteiger partial charge in [-0.15, -0.1) is 0 Å². The molecule has 5 aromatic carbocycles. The molecule has 1 nitrogen and oxygen atoms in total. The molecule has 1 heterocycles. The summed E-state index contributed by atoms with van der Waals surface area (Å²) in [5, 5.41) is 2.52. The van der Waals surface area contributed by atoms with E-state index in [-0.39, 0.29) is 0 Å². The first-order chi connectivity index (χ1) is 18.7. The van der Waals surface area contributed by atoms with Crippen LogP contribution >= 0.6 is 0 Å². The van der Waals surface area contributed by atoms with Crippen LogP contribution in [-0.4, -0.2) is 6.61 Å². The zero-order valence-electron chi connectivity index (χ0n) is 22.5. The third-order valence-corrected chi connectivity index (χ3v) is 7.04. The minimum Gasteiger partial charge on any atom is -0.493 e. The van der Waals surface area contributed by atoms with Crippen LogP contribution in [0.15, 0.2) is 122 Å². The maximum absolute atomic E-state index is 6.24. The first-order valence-electron chi connectivity index (χ1n) is 13.5. The van der Waals surface area contributed by atoms with Crippen LogP contribution in [0, 0.1) is 6.92 Å². The van der Waals surface area contributed by atoms with Crippen LogP contribution in [0.25, 0.3) is 44.2 Å². The number of hydrogen-bond acceptors (Lipinski definition) is 1. The Balaban J connectivity index is 0.00000144. The van der Waals surface area contributed by atoms with E-state index in [9.17, 15) is 0 Å². The third-order valence-electron chi connectivity index (χ3n) is 7.04. The summed E-state index contributed by atoms with van der Waals surface area (Å²) in [5.41, 5.74) is 10.6. The SMILES string of the molecule is C=C1/C=C(/c2cccc3ccccc23)CCOc2ccc(-c3ccc(-c4ccc(C)cc4)cc3)cc21.CC. The van der Waals surface area contributed by atoms with Gasteiger partial charge in [0.15, 0.2) is 0 Å². The van der Waals surface area contributed by atoms with Crippen molar-refractivity contribution in [3.8, 4) is 28.0 Å². The summed E-state index contributed by atoms with van der Waals surface area (Å²) < 4.78 is 6.24. The van der Waals surface area contributed by atoms with Gasteiger partial charge in [0.05, 0.1) is 6.61 Å². The summed E-state index contributed by atoms with van der Waals surface area (Å²) in [6.45, 7) is 11.2. The zero-order chi connectivity index (χ0) is 26.5. The maximum Gasteiger partial charge on any atom is 0.127 e. The molecule has 0 amide bonds. The lowest BCUT2D eigenvalue weighted by atomic mass is 9.91. The highest BCUT2D eigenvalue weighted by Crippen LogP contribution is 2.37. The van der Waals surface area contributed by atoms with Crippen molar-refractivity contribution >= 4 is 21.9 Å². The number of ether oxygens (including phenoxy) is 1. The van der Waals surface area contributed by atoms with Crippen LogP contribution in [0.3, 0.4) is 0 Å². The molecule has 0 radical (unpaired) electrons. The molecule has 0 unspecified atom stereocenters. The number of aryl methyl sites for hydroxylation is 1.